The molecule has 23 heteroatoms. The summed E-state index contributed by atoms with van der Waals surface area (Å²) in [5.74, 6) is 0. The van der Waals surface area contributed by atoms with E-state index in [1.807, 2.05) is 146 Å². The predicted octanol–water partition coefficient (Wildman–Crippen LogP) is 6.25. The number of hydrogen-bond acceptors (Lipinski definition) is 14. The number of aromatic nitrogens is 6. The molecule has 0 aliphatic carbocycles. The van der Waals surface area contributed by atoms with Gasteiger partial charge in [0.05, 0.1) is 34.2 Å². The van der Waals surface area contributed by atoms with Gasteiger partial charge in [-0.25, -0.2) is 16.8 Å². The molecule has 0 aliphatic rings. The first-order chi connectivity index (χ1) is 28.3. The molecular formula is C38H36F6FeN8O6S2+. The van der Waals surface area contributed by atoms with Crippen LogP contribution in [-0.2, 0) is 76.6 Å². The minimum absolute atomic E-state index is 0. The van der Waals surface area contributed by atoms with Crippen molar-refractivity contribution in [1.82, 2.24) is 39.7 Å². The van der Waals surface area contributed by atoms with Gasteiger partial charge in [-0.2, -0.15) is 26.3 Å². The SMILES string of the molecule is O=S(=O)([O-])C(F)(F)F.O=S(=O)([O-])C(F)(F)F.[Fe+3].c1ccc(CN(Cc2ccccn2)Cc2ccccn2)nc1.c1ccc(CN(Cc2ccccn2)Cc2ccccn2)nc1. The van der Waals surface area contributed by atoms with E-state index < -0.39 is 31.3 Å². The first-order valence-corrected chi connectivity index (χ1v) is 20.0. The fraction of sp³-hybridized carbons (Fsp3) is 0.211. The molecule has 0 fully saturated rings. The summed E-state index contributed by atoms with van der Waals surface area (Å²) in [4.78, 5) is 31.1. The Balaban J connectivity index is 0.000000309. The molecule has 6 heterocycles. The molecule has 0 amide bonds. The van der Waals surface area contributed by atoms with Gasteiger partial charge < -0.3 is 9.11 Å². The topological polar surface area (TPSA) is 198 Å². The van der Waals surface area contributed by atoms with Crippen molar-refractivity contribution in [1.29, 1.82) is 0 Å². The third kappa shape index (κ3) is 21.2. The average molecular weight is 935 g/mol. The van der Waals surface area contributed by atoms with E-state index in [2.05, 4.69) is 39.7 Å². The van der Waals surface area contributed by atoms with Gasteiger partial charge in [0.2, 0.25) is 0 Å². The number of halogens is 6. The fourth-order valence-corrected chi connectivity index (χ4v) is 4.66. The molecule has 325 valence electrons. The average Bonchev–Trinajstić information content (AvgIpc) is 3.19. The summed E-state index contributed by atoms with van der Waals surface area (Å²) in [5, 5.41) is 0. The van der Waals surface area contributed by atoms with Gasteiger partial charge in [0, 0.05) is 76.4 Å². The summed E-state index contributed by atoms with van der Waals surface area (Å²) in [7, 11) is -12.2. The smallest absolute Gasteiger partial charge is 0.741 e. The predicted molar refractivity (Wildman–Crippen MR) is 203 cm³/mol. The van der Waals surface area contributed by atoms with Crippen LogP contribution >= 0.6 is 0 Å². The molecule has 0 atom stereocenters. The molecule has 61 heavy (non-hydrogen) atoms. The molecule has 0 N–H and O–H groups in total. The second kappa shape index (κ2) is 25.5. The van der Waals surface area contributed by atoms with Crippen LogP contribution in [0.1, 0.15) is 34.2 Å². The van der Waals surface area contributed by atoms with Crippen LogP contribution in [0.4, 0.5) is 26.3 Å². The van der Waals surface area contributed by atoms with Crippen LogP contribution in [0, 0.1) is 0 Å². The summed E-state index contributed by atoms with van der Waals surface area (Å²) in [6.45, 7) is 4.63. The van der Waals surface area contributed by atoms with Crippen LogP contribution in [0.3, 0.4) is 0 Å². The van der Waals surface area contributed by atoms with Crippen LogP contribution in [-0.4, -0.2) is 76.7 Å². The van der Waals surface area contributed by atoms with E-state index in [1.165, 1.54) is 0 Å². The van der Waals surface area contributed by atoms with E-state index in [0.29, 0.717) is 0 Å². The van der Waals surface area contributed by atoms with E-state index in [9.17, 15) is 26.3 Å². The van der Waals surface area contributed by atoms with Gasteiger partial charge in [-0.1, -0.05) is 36.4 Å². The van der Waals surface area contributed by atoms with Gasteiger partial charge in [0.25, 0.3) is 0 Å². The van der Waals surface area contributed by atoms with E-state index in [0.717, 1.165) is 73.4 Å². The zero-order chi connectivity index (χ0) is 44.1. The van der Waals surface area contributed by atoms with Crippen molar-refractivity contribution >= 4 is 20.2 Å². The van der Waals surface area contributed by atoms with Gasteiger partial charge in [-0.3, -0.25) is 39.7 Å². The first kappa shape index (κ1) is 51.9. The first-order valence-electron chi connectivity index (χ1n) is 17.2. The van der Waals surface area contributed by atoms with Crippen molar-refractivity contribution in [3.8, 4) is 0 Å². The maximum absolute atomic E-state index is 10.7. The third-order valence-corrected chi connectivity index (χ3v) is 8.37. The Morgan fingerprint density at radius 2 is 0.525 bits per heavy atom. The van der Waals surface area contributed by atoms with Crippen LogP contribution in [0.25, 0.3) is 0 Å². The largest absolute Gasteiger partial charge is 3.00 e. The van der Waals surface area contributed by atoms with Crippen molar-refractivity contribution in [3.05, 3.63) is 181 Å². The van der Waals surface area contributed by atoms with Crippen molar-refractivity contribution in [2.24, 2.45) is 0 Å². The molecule has 1 radical (unpaired) electrons. The Hall–Kier alpha value is -5.26. The van der Waals surface area contributed by atoms with Crippen molar-refractivity contribution in [2.45, 2.75) is 50.3 Å². The maximum Gasteiger partial charge on any atom is 3.00 e. The molecular weight excluding hydrogens is 898 g/mol. The summed E-state index contributed by atoms with van der Waals surface area (Å²) < 4.78 is 118. The van der Waals surface area contributed by atoms with Crippen LogP contribution in [0.5, 0.6) is 0 Å². The van der Waals surface area contributed by atoms with Crippen molar-refractivity contribution in [3.63, 3.8) is 0 Å². The maximum atomic E-state index is 10.7. The van der Waals surface area contributed by atoms with E-state index in [-0.39, 0.29) is 17.1 Å². The van der Waals surface area contributed by atoms with Gasteiger partial charge in [0.1, 0.15) is 0 Å². The minimum atomic E-state index is -6.09. The van der Waals surface area contributed by atoms with Gasteiger partial charge >= 0.3 is 28.1 Å². The van der Waals surface area contributed by atoms with Gasteiger partial charge in [0.15, 0.2) is 20.2 Å². The number of pyridine rings is 6. The summed E-state index contributed by atoms with van der Waals surface area (Å²) in [5.41, 5.74) is -4.99. The van der Waals surface area contributed by atoms with Crippen LogP contribution in [0.2, 0.25) is 0 Å². The van der Waals surface area contributed by atoms with Crippen molar-refractivity contribution in [2.75, 3.05) is 0 Å². The zero-order valence-electron chi connectivity index (χ0n) is 31.6. The minimum Gasteiger partial charge on any atom is -0.741 e. The molecule has 6 rings (SSSR count). The Bertz CT molecular complexity index is 1960. The Kier molecular flexibility index (Phi) is 21.7. The fourth-order valence-electron chi connectivity index (χ4n) is 4.66. The zero-order valence-corrected chi connectivity index (χ0v) is 34.3. The summed E-state index contributed by atoms with van der Waals surface area (Å²) >= 11 is 0. The number of nitrogens with zero attached hydrogens (tertiary/aromatic N) is 8. The third-order valence-electron chi connectivity index (χ3n) is 7.24. The van der Waals surface area contributed by atoms with Gasteiger partial charge in [-0.05, 0) is 72.8 Å². The molecule has 0 spiro atoms. The quantitative estimate of drug-likeness (QED) is 0.0578. The number of hydrogen-bond donors (Lipinski definition) is 0. The second-order valence-electron chi connectivity index (χ2n) is 12.0. The summed E-state index contributed by atoms with van der Waals surface area (Å²) in [6.07, 6.45) is 11.0. The van der Waals surface area contributed by atoms with Gasteiger partial charge in [-0.15, -0.1) is 0 Å². The molecule has 0 aliphatic heterocycles. The number of alkyl halides is 6. The van der Waals surface area contributed by atoms with Crippen molar-refractivity contribution < 1.29 is 69.4 Å². The van der Waals surface area contributed by atoms with Crippen LogP contribution in [0.15, 0.2) is 146 Å². The normalized spacial score (nSPS) is 11.4. The standard InChI is InChI=1S/2C18H18N4.2CHF3O3S.Fe/c2*1-4-10-19-16(7-1)13-22(14-17-8-2-5-11-20-17)15-18-9-3-6-12-21-18;2*2-1(3,4)8(5,6)7;/h2*1-12H,13-15H2;2*(H,5,6,7);/q;;;;+3/p-2. The Morgan fingerprint density at radius 1 is 0.377 bits per heavy atom. The molecule has 0 bridgehead atoms. The molecule has 0 saturated heterocycles. The molecule has 0 aromatic carbocycles. The molecule has 6 aromatic rings. The number of rotatable bonds is 12. The van der Waals surface area contributed by atoms with E-state index in [4.69, 9.17) is 25.9 Å². The Labute approximate surface area is 358 Å². The Morgan fingerprint density at radius 3 is 0.623 bits per heavy atom. The monoisotopic (exact) mass is 934 g/mol. The molecule has 6 aromatic heterocycles. The molecule has 14 nitrogen and oxygen atoms in total. The summed E-state index contributed by atoms with van der Waals surface area (Å²) in [6, 6.07) is 36.0. The van der Waals surface area contributed by atoms with E-state index >= 15 is 0 Å². The second-order valence-corrected chi connectivity index (χ2v) is 14.8. The molecule has 0 saturated carbocycles. The molecule has 0 unspecified atom stereocenters. The van der Waals surface area contributed by atoms with E-state index in [1.54, 1.807) is 0 Å². The van der Waals surface area contributed by atoms with Crippen LogP contribution < -0.4 is 0 Å².